The molecular weight excluding hydrogens is 516 g/mol. The van der Waals surface area contributed by atoms with E-state index in [0.717, 1.165) is 17.8 Å². The summed E-state index contributed by atoms with van der Waals surface area (Å²) in [6.07, 6.45) is 3.33. The van der Waals surface area contributed by atoms with Crippen LogP contribution in [0, 0.1) is 24.5 Å². The lowest BCUT2D eigenvalue weighted by Crippen LogP contribution is -2.44. The number of ether oxygens (including phenoxy) is 1. The molecule has 0 unspecified atom stereocenters. The van der Waals surface area contributed by atoms with Crippen LogP contribution in [0.1, 0.15) is 36.8 Å². The summed E-state index contributed by atoms with van der Waals surface area (Å²) in [5.41, 5.74) is 0.988. The molecule has 1 saturated heterocycles. The van der Waals surface area contributed by atoms with Gasteiger partial charge in [-0.25, -0.2) is 17.2 Å². The van der Waals surface area contributed by atoms with Crippen LogP contribution in [-0.2, 0) is 14.8 Å². The van der Waals surface area contributed by atoms with Crippen molar-refractivity contribution in [1.29, 1.82) is 0 Å². The number of methoxy groups -OCH3 is 1. The van der Waals surface area contributed by atoms with Gasteiger partial charge in [-0.3, -0.25) is 4.79 Å². The number of benzene rings is 2. The maximum atomic E-state index is 14.0. The van der Waals surface area contributed by atoms with Gasteiger partial charge in [-0.15, -0.1) is 0 Å². The summed E-state index contributed by atoms with van der Waals surface area (Å²) in [5.74, 6) is -1.25. The number of amides is 1. The van der Waals surface area contributed by atoms with Crippen molar-refractivity contribution in [2.45, 2.75) is 31.6 Å². The molecule has 4 rings (SSSR count). The second-order valence-electron chi connectivity index (χ2n) is 8.92. The van der Waals surface area contributed by atoms with Crippen molar-refractivity contribution < 1.29 is 31.3 Å². The quantitative estimate of drug-likeness (QED) is 0.400. The third-order valence-electron chi connectivity index (χ3n) is 6.58. The zero-order valence-electron chi connectivity index (χ0n) is 21.4. The molecule has 1 amide bonds. The Morgan fingerprint density at radius 3 is 2.45 bits per heavy atom. The Bertz CT molecular complexity index is 1430. The molecule has 8 nitrogen and oxygen atoms in total. The normalized spacial score (nSPS) is 15.2. The number of sulfonamides is 1. The SMILES string of the molecule is CCN(C(=O)C1CCN(S(=O)(=O)c2c(C)noc2/C=C/c2ccc(F)cc2F)CC1)c1ccc(OC)cc1. The largest absolute Gasteiger partial charge is 0.497 e. The average molecular weight is 546 g/mol. The van der Waals surface area contributed by atoms with E-state index in [9.17, 15) is 22.0 Å². The summed E-state index contributed by atoms with van der Waals surface area (Å²) in [6.45, 7) is 4.19. The summed E-state index contributed by atoms with van der Waals surface area (Å²) in [5, 5.41) is 3.79. The monoisotopic (exact) mass is 545 g/mol. The van der Waals surface area contributed by atoms with Crippen molar-refractivity contribution in [1.82, 2.24) is 9.46 Å². The summed E-state index contributed by atoms with van der Waals surface area (Å²) >= 11 is 0. The van der Waals surface area contributed by atoms with Crippen LogP contribution >= 0.6 is 0 Å². The highest BCUT2D eigenvalue weighted by molar-refractivity contribution is 7.89. The minimum atomic E-state index is -4.00. The molecule has 0 saturated carbocycles. The standard InChI is InChI=1S/C27H29F2N3O5S/c1-4-32(22-8-10-23(36-3)11-9-22)27(33)20-13-15-31(16-14-20)38(34,35)26-18(2)30-37-25(26)12-6-19-5-7-21(28)17-24(19)29/h5-12,17,20H,4,13-16H2,1-3H3/b12-6+. The molecule has 38 heavy (non-hydrogen) atoms. The number of aryl methyl sites for hydroxylation is 1. The topological polar surface area (TPSA) is 93.0 Å². The van der Waals surface area contributed by atoms with Crippen LogP contribution in [0.2, 0.25) is 0 Å². The van der Waals surface area contributed by atoms with Crippen molar-refractivity contribution >= 4 is 33.8 Å². The lowest BCUT2D eigenvalue weighted by atomic mass is 9.96. The first-order valence-corrected chi connectivity index (χ1v) is 13.6. The van der Waals surface area contributed by atoms with Gasteiger partial charge in [-0.05, 0) is 75.2 Å². The number of piperidine rings is 1. The highest BCUT2D eigenvalue weighted by Crippen LogP contribution is 2.31. The molecule has 0 aliphatic carbocycles. The molecular formula is C27H29F2N3O5S. The molecule has 0 bridgehead atoms. The molecule has 1 aromatic heterocycles. The predicted molar refractivity (Wildman–Crippen MR) is 139 cm³/mol. The van der Waals surface area contributed by atoms with Gasteiger partial charge in [0.15, 0.2) is 10.7 Å². The van der Waals surface area contributed by atoms with Crippen molar-refractivity contribution in [2.75, 3.05) is 31.6 Å². The summed E-state index contributed by atoms with van der Waals surface area (Å²) in [4.78, 5) is 14.9. The smallest absolute Gasteiger partial charge is 0.248 e. The Kier molecular flexibility index (Phi) is 8.27. The van der Waals surface area contributed by atoms with Gasteiger partial charge in [-0.1, -0.05) is 5.16 Å². The summed E-state index contributed by atoms with van der Waals surface area (Å²) in [6, 6.07) is 10.3. The minimum absolute atomic E-state index is 0.0545. The third-order valence-corrected chi connectivity index (χ3v) is 8.63. The molecule has 202 valence electrons. The third kappa shape index (κ3) is 5.63. The minimum Gasteiger partial charge on any atom is -0.497 e. The van der Waals surface area contributed by atoms with Crippen molar-refractivity contribution in [3.63, 3.8) is 0 Å². The summed E-state index contributed by atoms with van der Waals surface area (Å²) in [7, 11) is -2.43. The Morgan fingerprint density at radius 2 is 1.84 bits per heavy atom. The van der Waals surface area contributed by atoms with Gasteiger partial charge in [0, 0.05) is 42.9 Å². The lowest BCUT2D eigenvalue weighted by molar-refractivity contribution is -0.123. The second kappa shape index (κ2) is 11.4. The van der Waals surface area contributed by atoms with Crippen LogP contribution in [-0.4, -0.2) is 50.5 Å². The van der Waals surface area contributed by atoms with Crippen molar-refractivity contribution in [3.05, 3.63) is 71.1 Å². The van der Waals surface area contributed by atoms with Gasteiger partial charge in [0.25, 0.3) is 0 Å². The van der Waals surface area contributed by atoms with Crippen LogP contribution in [0.15, 0.2) is 51.9 Å². The molecule has 0 spiro atoms. The van der Waals surface area contributed by atoms with Gasteiger partial charge < -0.3 is 14.2 Å². The number of carbonyl (C=O) groups excluding carboxylic acids is 1. The molecule has 1 fully saturated rings. The fraction of sp³-hybridized carbons (Fsp3) is 0.333. The number of carbonyl (C=O) groups is 1. The molecule has 0 atom stereocenters. The molecule has 1 aliphatic rings. The highest BCUT2D eigenvalue weighted by atomic mass is 32.2. The highest BCUT2D eigenvalue weighted by Gasteiger charge is 2.37. The second-order valence-corrected chi connectivity index (χ2v) is 10.8. The number of hydrogen-bond acceptors (Lipinski definition) is 6. The van der Waals surface area contributed by atoms with Gasteiger partial charge in [-0.2, -0.15) is 4.31 Å². The molecule has 1 aliphatic heterocycles. The van der Waals surface area contributed by atoms with Crippen molar-refractivity contribution in [3.8, 4) is 5.75 Å². The number of halogens is 2. The Morgan fingerprint density at radius 1 is 1.16 bits per heavy atom. The van der Waals surface area contributed by atoms with E-state index in [1.54, 1.807) is 24.1 Å². The maximum Gasteiger partial charge on any atom is 0.248 e. The fourth-order valence-electron chi connectivity index (χ4n) is 4.52. The van der Waals surface area contributed by atoms with Crippen molar-refractivity contribution in [2.24, 2.45) is 5.92 Å². The zero-order chi connectivity index (χ0) is 27.4. The first kappa shape index (κ1) is 27.5. The van der Waals surface area contributed by atoms with E-state index in [4.69, 9.17) is 9.26 Å². The van der Waals surface area contributed by atoms with E-state index in [-0.39, 0.29) is 46.8 Å². The number of rotatable bonds is 8. The van der Waals surface area contributed by atoms with Crippen LogP contribution in [0.25, 0.3) is 12.2 Å². The zero-order valence-corrected chi connectivity index (χ0v) is 22.2. The molecule has 2 heterocycles. The van der Waals surface area contributed by atoms with Crippen LogP contribution in [0.5, 0.6) is 5.75 Å². The molecule has 2 aromatic carbocycles. The van der Waals surface area contributed by atoms with Crippen LogP contribution in [0.3, 0.4) is 0 Å². The van der Waals surface area contributed by atoms with Crippen LogP contribution < -0.4 is 9.64 Å². The van der Waals surface area contributed by atoms with E-state index in [1.165, 1.54) is 29.4 Å². The van der Waals surface area contributed by atoms with Gasteiger partial charge in [0.1, 0.15) is 23.1 Å². The summed E-state index contributed by atoms with van der Waals surface area (Å²) < 4.78 is 66.0. The number of hydrogen-bond donors (Lipinski definition) is 0. The first-order chi connectivity index (χ1) is 18.1. The Balaban J connectivity index is 1.48. The number of anilines is 1. The van der Waals surface area contributed by atoms with Gasteiger partial charge in [0.2, 0.25) is 15.9 Å². The van der Waals surface area contributed by atoms with Crippen LogP contribution in [0.4, 0.5) is 14.5 Å². The van der Waals surface area contributed by atoms with E-state index in [0.29, 0.717) is 25.1 Å². The average Bonchev–Trinajstić information content (AvgIpc) is 3.30. The Hall–Kier alpha value is -3.57. The molecule has 0 N–H and O–H groups in total. The Labute approximate surface area is 220 Å². The lowest BCUT2D eigenvalue weighted by Gasteiger charge is -2.33. The number of nitrogens with zero attached hydrogens (tertiary/aromatic N) is 3. The predicted octanol–water partition coefficient (Wildman–Crippen LogP) is 4.89. The van der Waals surface area contributed by atoms with E-state index in [2.05, 4.69) is 5.16 Å². The number of aromatic nitrogens is 1. The van der Waals surface area contributed by atoms with Gasteiger partial charge >= 0.3 is 0 Å². The maximum absolute atomic E-state index is 14.0. The van der Waals surface area contributed by atoms with E-state index in [1.807, 2.05) is 19.1 Å². The van der Waals surface area contributed by atoms with E-state index >= 15 is 0 Å². The molecule has 11 heteroatoms. The fourth-order valence-corrected chi connectivity index (χ4v) is 6.24. The molecule has 3 aromatic rings. The first-order valence-electron chi connectivity index (χ1n) is 12.2. The van der Waals surface area contributed by atoms with E-state index < -0.39 is 21.7 Å². The molecule has 0 radical (unpaired) electrons. The van der Waals surface area contributed by atoms with Gasteiger partial charge in [0.05, 0.1) is 7.11 Å².